The normalized spacial score (nSPS) is 10.2. The van der Waals surface area contributed by atoms with Gasteiger partial charge in [0.25, 0.3) is 0 Å². The highest BCUT2D eigenvalue weighted by atomic mass is 32.1. The molecule has 0 heterocycles. The van der Waals surface area contributed by atoms with E-state index in [2.05, 4.69) is 25.3 Å². The second-order valence-corrected chi connectivity index (χ2v) is 3.21. The first-order chi connectivity index (χ1) is 5.49. The van der Waals surface area contributed by atoms with Crippen LogP contribution in [0.2, 0.25) is 0 Å². The van der Waals surface area contributed by atoms with Crippen molar-refractivity contribution in [3.05, 3.63) is 0 Å². The molecule has 4 nitrogen and oxygen atoms in total. The Morgan fingerprint density at radius 3 is 0.917 bits per heavy atom. The van der Waals surface area contributed by atoms with E-state index >= 15 is 0 Å². The van der Waals surface area contributed by atoms with E-state index in [9.17, 15) is 0 Å². The van der Waals surface area contributed by atoms with Crippen LogP contribution in [-0.2, 0) is 0 Å². The molecule has 0 amide bonds. The van der Waals surface area contributed by atoms with Crippen LogP contribution < -0.4 is 0 Å². The summed E-state index contributed by atoms with van der Waals surface area (Å²) >= 11 is 7.23. The largest absolute Gasteiger partial charge is 0.226 e. The Kier molecular flexibility index (Phi) is 2.99. The van der Waals surface area contributed by atoms with Crippen LogP contribution in [0.25, 0.3) is 0 Å². The number of nitriles is 4. The van der Waals surface area contributed by atoms with Crippen molar-refractivity contribution in [2.45, 2.75) is 9.49 Å². The Bertz CT molecular complexity index is 284. The van der Waals surface area contributed by atoms with Crippen LogP contribution >= 0.6 is 25.3 Å². The molecule has 0 aliphatic heterocycles. The van der Waals surface area contributed by atoms with Gasteiger partial charge in [0.2, 0.25) is 9.49 Å². The number of thiol groups is 2. The maximum atomic E-state index is 8.48. The Morgan fingerprint density at radius 2 is 0.833 bits per heavy atom. The zero-order chi connectivity index (χ0) is 9.83. The summed E-state index contributed by atoms with van der Waals surface area (Å²) in [5, 5.41) is 33.9. The van der Waals surface area contributed by atoms with Crippen LogP contribution in [-0.4, -0.2) is 9.49 Å². The lowest BCUT2D eigenvalue weighted by Crippen LogP contribution is -2.41. The number of hydrogen-bond acceptors (Lipinski definition) is 6. The minimum atomic E-state index is -2.01. The van der Waals surface area contributed by atoms with Gasteiger partial charge < -0.3 is 0 Å². The van der Waals surface area contributed by atoms with Gasteiger partial charge in [0.15, 0.2) is 0 Å². The molecule has 0 spiro atoms. The van der Waals surface area contributed by atoms with E-state index in [1.165, 1.54) is 24.3 Å². The molecule has 0 saturated carbocycles. The lowest BCUT2D eigenvalue weighted by atomic mass is 9.95. The second-order valence-electron chi connectivity index (χ2n) is 1.87. The van der Waals surface area contributed by atoms with Gasteiger partial charge in [0.05, 0.1) is 24.3 Å². The van der Waals surface area contributed by atoms with Crippen molar-refractivity contribution < 1.29 is 0 Å². The smallest absolute Gasteiger partial charge is 0.195 e. The Balaban J connectivity index is 5.38. The molecule has 12 heavy (non-hydrogen) atoms. The molecule has 0 aliphatic rings. The van der Waals surface area contributed by atoms with Crippen molar-refractivity contribution in [1.29, 1.82) is 21.0 Å². The van der Waals surface area contributed by atoms with Crippen molar-refractivity contribution in [3.63, 3.8) is 0 Å². The topological polar surface area (TPSA) is 95.2 Å². The number of nitrogens with zero attached hydrogens (tertiary/aromatic N) is 4. The summed E-state index contributed by atoms with van der Waals surface area (Å²) in [6, 6.07) is 5.81. The minimum Gasteiger partial charge on any atom is -0.195 e. The quantitative estimate of drug-likeness (QED) is 0.591. The van der Waals surface area contributed by atoms with E-state index in [4.69, 9.17) is 21.0 Å². The zero-order valence-corrected chi connectivity index (χ0v) is 7.47. The van der Waals surface area contributed by atoms with E-state index in [-0.39, 0.29) is 0 Å². The molecule has 0 aromatic rings. The molecular formula is C6H2N4S2. The SMILES string of the molecule is N#CC(S)(C#N)C(S)(C#N)C#N. The molecule has 58 valence electrons. The van der Waals surface area contributed by atoms with Gasteiger partial charge in [0.1, 0.15) is 0 Å². The van der Waals surface area contributed by atoms with E-state index < -0.39 is 9.49 Å². The first-order valence-corrected chi connectivity index (χ1v) is 3.49. The molecule has 0 unspecified atom stereocenters. The molecule has 6 heteroatoms. The van der Waals surface area contributed by atoms with Crippen LogP contribution in [0.1, 0.15) is 0 Å². The van der Waals surface area contributed by atoms with Crippen LogP contribution in [0, 0.1) is 45.3 Å². The van der Waals surface area contributed by atoms with Crippen molar-refractivity contribution in [2.75, 3.05) is 0 Å². The molecule has 0 saturated heterocycles. The summed E-state index contributed by atoms with van der Waals surface area (Å²) in [4.78, 5) is 0. The average molecular weight is 194 g/mol. The Hall–Kier alpha value is -1.34. The third-order valence-electron chi connectivity index (χ3n) is 1.17. The molecule has 0 bridgehead atoms. The van der Waals surface area contributed by atoms with Crippen LogP contribution in [0.5, 0.6) is 0 Å². The van der Waals surface area contributed by atoms with Gasteiger partial charge in [-0.3, -0.25) is 0 Å². The molecule has 0 rings (SSSR count). The lowest BCUT2D eigenvalue weighted by molar-refractivity contribution is 0.837. The van der Waals surface area contributed by atoms with E-state index in [0.717, 1.165) is 0 Å². The third-order valence-corrected chi connectivity index (χ3v) is 2.42. The maximum absolute atomic E-state index is 8.48. The van der Waals surface area contributed by atoms with E-state index in [1.807, 2.05) is 0 Å². The Labute approximate surface area is 80.4 Å². The van der Waals surface area contributed by atoms with Crippen LogP contribution in [0.3, 0.4) is 0 Å². The van der Waals surface area contributed by atoms with Gasteiger partial charge in [-0.2, -0.15) is 21.0 Å². The average Bonchev–Trinajstić information content (AvgIpc) is 2.15. The van der Waals surface area contributed by atoms with Gasteiger partial charge in [0, 0.05) is 0 Å². The first kappa shape index (κ1) is 10.7. The standard InChI is InChI=1S/C6H2N4S2/c7-1-5(11,2-8)6(12,3-9)4-10/h11-12H. The molecule has 0 aromatic heterocycles. The molecular weight excluding hydrogens is 192 g/mol. The summed E-state index contributed by atoms with van der Waals surface area (Å²) < 4.78 is -4.03. The van der Waals surface area contributed by atoms with Gasteiger partial charge in [-0.25, -0.2) is 0 Å². The van der Waals surface area contributed by atoms with Crippen molar-refractivity contribution in [3.8, 4) is 24.3 Å². The predicted molar refractivity (Wildman–Crippen MR) is 45.9 cm³/mol. The monoisotopic (exact) mass is 194 g/mol. The fraction of sp³-hybridized carbons (Fsp3) is 0.333. The molecule has 0 aromatic carbocycles. The fourth-order valence-electron chi connectivity index (χ4n) is 0.374. The van der Waals surface area contributed by atoms with E-state index in [0.29, 0.717) is 0 Å². The van der Waals surface area contributed by atoms with Gasteiger partial charge >= 0.3 is 0 Å². The van der Waals surface area contributed by atoms with Crippen LogP contribution in [0.15, 0.2) is 0 Å². The summed E-state index contributed by atoms with van der Waals surface area (Å²) in [6.45, 7) is 0. The minimum absolute atomic E-state index is 1.45. The zero-order valence-electron chi connectivity index (χ0n) is 5.68. The summed E-state index contributed by atoms with van der Waals surface area (Å²) in [7, 11) is 0. The Morgan fingerprint density at radius 1 is 0.667 bits per heavy atom. The van der Waals surface area contributed by atoms with Gasteiger partial charge in [-0.15, -0.1) is 25.3 Å². The number of rotatable bonds is 1. The lowest BCUT2D eigenvalue weighted by Gasteiger charge is -2.20. The summed E-state index contributed by atoms with van der Waals surface area (Å²) in [5.74, 6) is 0. The van der Waals surface area contributed by atoms with Crippen molar-refractivity contribution >= 4 is 25.3 Å². The van der Waals surface area contributed by atoms with Crippen molar-refractivity contribution in [1.82, 2.24) is 0 Å². The highest BCUT2D eigenvalue weighted by molar-refractivity contribution is 7.87. The molecule has 0 aliphatic carbocycles. The maximum Gasteiger partial charge on any atom is 0.226 e. The molecule has 0 N–H and O–H groups in total. The summed E-state index contributed by atoms with van der Waals surface area (Å²) in [6.07, 6.45) is 0. The molecule has 0 atom stereocenters. The summed E-state index contributed by atoms with van der Waals surface area (Å²) in [5.41, 5.74) is 0. The van der Waals surface area contributed by atoms with Crippen LogP contribution in [0.4, 0.5) is 0 Å². The predicted octanol–water partition coefficient (Wildman–Crippen LogP) is 0.418. The van der Waals surface area contributed by atoms with Gasteiger partial charge in [-0.1, -0.05) is 0 Å². The van der Waals surface area contributed by atoms with Gasteiger partial charge in [-0.05, 0) is 0 Å². The second kappa shape index (κ2) is 3.37. The fourth-order valence-corrected chi connectivity index (χ4v) is 0.574. The highest BCUT2D eigenvalue weighted by Crippen LogP contribution is 2.32. The third kappa shape index (κ3) is 1.31. The number of hydrogen-bond donors (Lipinski definition) is 2. The van der Waals surface area contributed by atoms with Crippen molar-refractivity contribution in [2.24, 2.45) is 0 Å². The molecule has 0 radical (unpaired) electrons. The first-order valence-electron chi connectivity index (χ1n) is 2.59. The molecule has 0 fully saturated rings. The highest BCUT2D eigenvalue weighted by Gasteiger charge is 2.49. The van der Waals surface area contributed by atoms with E-state index in [1.54, 1.807) is 0 Å².